The minimum Gasteiger partial charge on any atom is -0.497 e. The molecule has 1 N–H and O–H groups in total. The van der Waals surface area contributed by atoms with Gasteiger partial charge in [0.2, 0.25) is 21.8 Å². The van der Waals surface area contributed by atoms with Gasteiger partial charge in [-0.2, -0.15) is 4.31 Å². The van der Waals surface area contributed by atoms with Crippen molar-refractivity contribution in [3.63, 3.8) is 0 Å². The lowest BCUT2D eigenvalue weighted by molar-refractivity contribution is -0.141. The number of benzene rings is 3. The molecule has 0 radical (unpaired) electrons. The van der Waals surface area contributed by atoms with Gasteiger partial charge in [0.15, 0.2) is 0 Å². The molecule has 0 spiro atoms. The number of ether oxygens (including phenoxy) is 1. The lowest BCUT2D eigenvalue weighted by Gasteiger charge is -2.32. The Morgan fingerprint density at radius 2 is 1.69 bits per heavy atom. The summed E-state index contributed by atoms with van der Waals surface area (Å²) in [5, 5.41) is 4.49. The number of nitrogens with zero attached hydrogens (tertiary/aromatic N) is 2. The van der Waals surface area contributed by atoms with Gasteiger partial charge in [0, 0.05) is 20.1 Å². The summed E-state index contributed by atoms with van der Waals surface area (Å²) in [5.41, 5.74) is 0.769. The van der Waals surface area contributed by atoms with Gasteiger partial charge in [-0.25, -0.2) is 8.42 Å². The molecule has 192 valence electrons. The molecule has 0 aromatic heterocycles. The first-order valence-electron chi connectivity index (χ1n) is 11.9. The van der Waals surface area contributed by atoms with E-state index in [1.165, 1.54) is 18.0 Å². The summed E-state index contributed by atoms with van der Waals surface area (Å²) in [4.78, 5) is 27.9. The number of nitrogens with one attached hydrogen (secondary N) is 1. The third-order valence-corrected chi connectivity index (χ3v) is 7.81. The molecule has 3 aromatic carbocycles. The van der Waals surface area contributed by atoms with E-state index >= 15 is 0 Å². The number of rotatable bonds is 11. The summed E-state index contributed by atoms with van der Waals surface area (Å²) in [7, 11) is -1.01. The van der Waals surface area contributed by atoms with Crippen LogP contribution in [0, 0.1) is 0 Å². The predicted octanol–water partition coefficient (Wildman–Crippen LogP) is 3.41. The molecular weight excluding hydrogens is 478 g/mol. The highest BCUT2D eigenvalue weighted by atomic mass is 32.2. The molecule has 0 unspecified atom stereocenters. The summed E-state index contributed by atoms with van der Waals surface area (Å²) in [5.74, 6) is -0.124. The topological polar surface area (TPSA) is 96.0 Å². The Kier molecular flexibility index (Phi) is 9.06. The molecule has 9 heteroatoms. The van der Waals surface area contributed by atoms with Crippen LogP contribution >= 0.6 is 0 Å². The van der Waals surface area contributed by atoms with E-state index < -0.39 is 28.5 Å². The average Bonchev–Trinajstić information content (AvgIpc) is 2.88. The highest BCUT2D eigenvalue weighted by molar-refractivity contribution is 7.89. The standard InChI is InChI=1S/C27H33N3O5S/c1-5-25(27(32)28-6-2)30(18-20-10-9-13-23(16-20)35-4)26(31)19-29(3)36(33,34)24-15-14-21-11-7-8-12-22(21)17-24/h7-17,25H,5-6,18-19H2,1-4H3,(H,28,32)/t25-/m1/s1. The second-order valence-electron chi connectivity index (χ2n) is 8.46. The molecule has 36 heavy (non-hydrogen) atoms. The first-order chi connectivity index (χ1) is 17.2. The monoisotopic (exact) mass is 511 g/mol. The van der Waals surface area contributed by atoms with E-state index in [2.05, 4.69) is 5.32 Å². The van der Waals surface area contributed by atoms with Crippen LogP contribution in [0.2, 0.25) is 0 Å². The summed E-state index contributed by atoms with van der Waals surface area (Å²) in [6, 6.07) is 18.8. The average molecular weight is 512 g/mol. The fraction of sp³-hybridized carbons (Fsp3) is 0.333. The van der Waals surface area contributed by atoms with Crippen molar-refractivity contribution in [3.8, 4) is 5.75 Å². The Balaban J connectivity index is 1.88. The van der Waals surface area contributed by atoms with Crippen LogP contribution in [0.1, 0.15) is 25.8 Å². The van der Waals surface area contributed by atoms with Crippen LogP contribution in [-0.2, 0) is 26.2 Å². The SMILES string of the molecule is CCNC(=O)[C@@H](CC)N(Cc1cccc(OC)c1)C(=O)CN(C)S(=O)(=O)c1ccc2ccccc2c1. The fourth-order valence-electron chi connectivity index (χ4n) is 4.05. The molecule has 0 aliphatic heterocycles. The smallest absolute Gasteiger partial charge is 0.243 e. The Bertz CT molecular complexity index is 1330. The van der Waals surface area contributed by atoms with Gasteiger partial charge in [0.1, 0.15) is 11.8 Å². The van der Waals surface area contributed by atoms with E-state index in [1.807, 2.05) is 44.2 Å². The van der Waals surface area contributed by atoms with Gasteiger partial charge in [-0.1, -0.05) is 49.4 Å². The van der Waals surface area contributed by atoms with Crippen molar-refractivity contribution in [2.45, 2.75) is 37.8 Å². The maximum atomic E-state index is 13.5. The van der Waals surface area contributed by atoms with E-state index in [0.29, 0.717) is 18.7 Å². The maximum Gasteiger partial charge on any atom is 0.243 e. The highest BCUT2D eigenvalue weighted by Gasteiger charge is 2.31. The number of methoxy groups -OCH3 is 1. The molecule has 3 rings (SSSR count). The Hall–Kier alpha value is -3.43. The molecule has 1 atom stereocenters. The van der Waals surface area contributed by atoms with Crippen molar-refractivity contribution in [3.05, 3.63) is 72.3 Å². The highest BCUT2D eigenvalue weighted by Crippen LogP contribution is 2.22. The summed E-state index contributed by atoms with van der Waals surface area (Å²) < 4.78 is 32.9. The minimum absolute atomic E-state index is 0.103. The molecular formula is C27H33N3O5S. The molecule has 0 saturated heterocycles. The normalized spacial score (nSPS) is 12.4. The molecule has 0 bridgehead atoms. The van der Waals surface area contributed by atoms with Crippen molar-refractivity contribution >= 4 is 32.6 Å². The Morgan fingerprint density at radius 3 is 2.36 bits per heavy atom. The molecule has 2 amide bonds. The Labute approximate surface area is 212 Å². The Morgan fingerprint density at radius 1 is 0.972 bits per heavy atom. The van der Waals surface area contributed by atoms with Crippen LogP contribution in [-0.4, -0.2) is 62.7 Å². The van der Waals surface area contributed by atoms with Crippen molar-refractivity contribution in [2.75, 3.05) is 27.2 Å². The zero-order valence-corrected chi connectivity index (χ0v) is 21.9. The van der Waals surface area contributed by atoms with Crippen molar-refractivity contribution in [1.82, 2.24) is 14.5 Å². The first kappa shape index (κ1) is 27.2. The van der Waals surface area contributed by atoms with E-state index in [-0.39, 0.29) is 17.3 Å². The van der Waals surface area contributed by atoms with Gasteiger partial charge < -0.3 is 15.0 Å². The van der Waals surface area contributed by atoms with Gasteiger partial charge in [-0.15, -0.1) is 0 Å². The van der Waals surface area contributed by atoms with Crippen molar-refractivity contribution in [2.24, 2.45) is 0 Å². The van der Waals surface area contributed by atoms with Crippen LogP contribution in [0.3, 0.4) is 0 Å². The number of hydrogen-bond acceptors (Lipinski definition) is 5. The van der Waals surface area contributed by atoms with Gasteiger partial charge >= 0.3 is 0 Å². The molecule has 0 saturated carbocycles. The first-order valence-corrected chi connectivity index (χ1v) is 13.3. The van der Waals surface area contributed by atoms with Crippen LogP contribution in [0.25, 0.3) is 10.8 Å². The number of carbonyl (C=O) groups excluding carboxylic acids is 2. The minimum atomic E-state index is -3.94. The fourth-order valence-corrected chi connectivity index (χ4v) is 5.21. The summed E-state index contributed by atoms with van der Waals surface area (Å²) >= 11 is 0. The number of amides is 2. The third kappa shape index (κ3) is 6.22. The number of sulfonamides is 1. The molecule has 0 aliphatic rings. The number of fused-ring (bicyclic) bond motifs is 1. The van der Waals surface area contributed by atoms with Gasteiger partial charge in [-0.3, -0.25) is 9.59 Å². The molecule has 8 nitrogen and oxygen atoms in total. The third-order valence-electron chi connectivity index (χ3n) is 6.01. The van der Waals surface area contributed by atoms with Gasteiger partial charge in [0.05, 0.1) is 18.6 Å². The molecule has 0 aliphatic carbocycles. The van der Waals surface area contributed by atoms with Crippen molar-refractivity contribution in [1.29, 1.82) is 0 Å². The summed E-state index contributed by atoms with van der Waals surface area (Å²) in [6.45, 7) is 3.78. The summed E-state index contributed by atoms with van der Waals surface area (Å²) in [6.07, 6.45) is 0.378. The zero-order valence-electron chi connectivity index (χ0n) is 21.1. The predicted molar refractivity (Wildman–Crippen MR) is 140 cm³/mol. The zero-order chi connectivity index (χ0) is 26.3. The number of carbonyl (C=O) groups is 2. The van der Waals surface area contributed by atoms with Crippen LogP contribution in [0.15, 0.2) is 71.6 Å². The largest absolute Gasteiger partial charge is 0.497 e. The van der Waals surface area contributed by atoms with E-state index in [4.69, 9.17) is 4.74 Å². The van der Waals surface area contributed by atoms with Crippen LogP contribution in [0.4, 0.5) is 0 Å². The molecule has 0 fully saturated rings. The van der Waals surface area contributed by atoms with Gasteiger partial charge in [0.25, 0.3) is 0 Å². The van der Waals surface area contributed by atoms with Crippen LogP contribution in [0.5, 0.6) is 5.75 Å². The quantitative estimate of drug-likeness (QED) is 0.426. The molecule has 0 heterocycles. The van der Waals surface area contributed by atoms with Crippen LogP contribution < -0.4 is 10.1 Å². The lowest BCUT2D eigenvalue weighted by atomic mass is 10.1. The lowest BCUT2D eigenvalue weighted by Crippen LogP contribution is -2.51. The van der Waals surface area contributed by atoms with Gasteiger partial charge in [-0.05, 0) is 53.9 Å². The van der Waals surface area contributed by atoms with E-state index in [0.717, 1.165) is 20.6 Å². The van der Waals surface area contributed by atoms with E-state index in [9.17, 15) is 18.0 Å². The van der Waals surface area contributed by atoms with E-state index in [1.54, 1.807) is 37.4 Å². The number of hydrogen-bond donors (Lipinski definition) is 1. The second kappa shape index (κ2) is 12.0. The van der Waals surface area contributed by atoms with Crippen molar-refractivity contribution < 1.29 is 22.7 Å². The number of likely N-dealkylation sites (N-methyl/N-ethyl adjacent to an activating group) is 2. The maximum absolute atomic E-state index is 13.5. The molecule has 3 aromatic rings. The second-order valence-corrected chi connectivity index (χ2v) is 10.5.